The number of thiazole rings is 1. The van der Waals surface area contributed by atoms with E-state index in [0.29, 0.717) is 18.4 Å². The molecule has 0 fully saturated rings. The van der Waals surface area contributed by atoms with Gasteiger partial charge in [-0.25, -0.2) is 4.98 Å². The highest BCUT2D eigenvalue weighted by Gasteiger charge is 2.13. The number of hydrogen-bond acceptors (Lipinski definition) is 5. The molecule has 5 nitrogen and oxygen atoms in total. The van der Waals surface area contributed by atoms with Gasteiger partial charge in [-0.1, -0.05) is 13.0 Å². The van der Waals surface area contributed by atoms with Crippen molar-refractivity contribution >= 4 is 28.7 Å². The van der Waals surface area contributed by atoms with Crippen LogP contribution in [0.4, 0.5) is 5.69 Å². The fourth-order valence-corrected chi connectivity index (χ4v) is 3.79. The van der Waals surface area contributed by atoms with Crippen molar-refractivity contribution in [1.29, 1.82) is 0 Å². The van der Waals surface area contributed by atoms with Gasteiger partial charge in [0.15, 0.2) is 5.78 Å². The first-order valence-corrected chi connectivity index (χ1v) is 10.0. The van der Waals surface area contributed by atoms with Crippen LogP contribution in [0.3, 0.4) is 0 Å². The Morgan fingerprint density at radius 1 is 1.14 bits per heavy atom. The van der Waals surface area contributed by atoms with Crippen LogP contribution in [0.5, 0.6) is 0 Å². The van der Waals surface area contributed by atoms with Gasteiger partial charge in [-0.2, -0.15) is 0 Å². The van der Waals surface area contributed by atoms with Gasteiger partial charge in [0.25, 0.3) is 0 Å². The first-order valence-electron chi connectivity index (χ1n) is 9.17. The largest absolute Gasteiger partial charge is 0.315 e. The number of amides is 1. The maximum Gasteiger partial charge on any atom is 0.226 e. The van der Waals surface area contributed by atoms with E-state index >= 15 is 0 Å². The van der Waals surface area contributed by atoms with Gasteiger partial charge in [0, 0.05) is 47.6 Å². The van der Waals surface area contributed by atoms with E-state index in [1.54, 1.807) is 24.2 Å². The number of benzene rings is 1. The van der Waals surface area contributed by atoms with Crippen LogP contribution in [-0.4, -0.2) is 28.7 Å². The number of rotatable bonds is 6. The highest BCUT2D eigenvalue weighted by atomic mass is 32.1. The molecule has 6 heteroatoms. The van der Waals surface area contributed by atoms with Crippen molar-refractivity contribution in [3.63, 3.8) is 0 Å². The molecule has 0 aliphatic rings. The van der Waals surface area contributed by atoms with E-state index in [-0.39, 0.29) is 11.7 Å². The predicted molar refractivity (Wildman–Crippen MR) is 113 cm³/mol. The zero-order valence-corrected chi connectivity index (χ0v) is 17.3. The molecule has 2 aromatic heterocycles. The van der Waals surface area contributed by atoms with Crippen LogP contribution in [0, 0.1) is 13.8 Å². The van der Waals surface area contributed by atoms with Crippen molar-refractivity contribution in [2.45, 2.75) is 33.6 Å². The molecule has 0 atom stereocenters. The maximum atomic E-state index is 12.4. The maximum absolute atomic E-state index is 12.4. The van der Waals surface area contributed by atoms with Gasteiger partial charge in [-0.3, -0.25) is 14.6 Å². The van der Waals surface area contributed by atoms with Gasteiger partial charge >= 0.3 is 0 Å². The van der Waals surface area contributed by atoms with Crippen molar-refractivity contribution in [1.82, 2.24) is 9.97 Å². The molecule has 28 heavy (non-hydrogen) atoms. The number of aryl methyl sites for hydroxylation is 2. The zero-order valence-electron chi connectivity index (χ0n) is 16.5. The summed E-state index contributed by atoms with van der Waals surface area (Å²) < 4.78 is 0. The van der Waals surface area contributed by atoms with E-state index in [0.717, 1.165) is 33.2 Å². The Balaban J connectivity index is 1.77. The number of anilines is 1. The smallest absolute Gasteiger partial charge is 0.226 e. The van der Waals surface area contributed by atoms with Crippen molar-refractivity contribution in [2.75, 3.05) is 11.9 Å². The molecular formula is C22H23N3O2S. The van der Waals surface area contributed by atoms with Gasteiger partial charge in [0.2, 0.25) is 5.91 Å². The summed E-state index contributed by atoms with van der Waals surface area (Å²) in [7, 11) is 1.79. The average Bonchev–Trinajstić information content (AvgIpc) is 3.11. The molecule has 0 aliphatic carbocycles. The molecule has 144 valence electrons. The lowest BCUT2D eigenvalue weighted by Gasteiger charge is -2.19. The SMILES string of the molecule is CCC(=O)N(C)c1ccc(-c2ccc(C(=O)Cc3nc(C)cs3)cn2)cc1C. The molecule has 0 aliphatic heterocycles. The third-order valence-electron chi connectivity index (χ3n) is 4.59. The second-order valence-corrected chi connectivity index (χ2v) is 7.66. The minimum atomic E-state index is 0.0135. The highest BCUT2D eigenvalue weighted by Crippen LogP contribution is 2.26. The molecular weight excluding hydrogens is 370 g/mol. The summed E-state index contributed by atoms with van der Waals surface area (Å²) in [6, 6.07) is 9.56. The van der Waals surface area contributed by atoms with Crippen molar-refractivity contribution < 1.29 is 9.59 Å². The summed E-state index contributed by atoms with van der Waals surface area (Å²) in [6.45, 7) is 5.75. The van der Waals surface area contributed by atoms with Crippen LogP contribution >= 0.6 is 11.3 Å². The molecule has 0 spiro atoms. The molecule has 2 heterocycles. The Hall–Kier alpha value is -2.86. The quantitative estimate of drug-likeness (QED) is 0.573. The first-order chi connectivity index (χ1) is 13.4. The van der Waals surface area contributed by atoms with Crippen LogP contribution < -0.4 is 4.90 Å². The van der Waals surface area contributed by atoms with Crippen molar-refractivity contribution in [2.24, 2.45) is 0 Å². The number of Topliss-reactive ketones (excluding diaryl/α,β-unsaturated/α-hetero) is 1. The summed E-state index contributed by atoms with van der Waals surface area (Å²) in [4.78, 5) is 34.8. The van der Waals surface area contributed by atoms with E-state index in [1.165, 1.54) is 11.3 Å². The summed E-state index contributed by atoms with van der Waals surface area (Å²) in [6.07, 6.45) is 2.38. The normalized spacial score (nSPS) is 10.7. The van der Waals surface area contributed by atoms with Crippen molar-refractivity contribution in [3.05, 3.63) is 63.7 Å². The van der Waals surface area contributed by atoms with Crippen LogP contribution in [0.2, 0.25) is 0 Å². The van der Waals surface area contributed by atoms with Gasteiger partial charge in [-0.15, -0.1) is 11.3 Å². The molecule has 0 bridgehead atoms. The lowest BCUT2D eigenvalue weighted by molar-refractivity contribution is -0.118. The van der Waals surface area contributed by atoms with E-state index in [2.05, 4.69) is 9.97 Å². The molecule has 0 unspecified atom stereocenters. The molecule has 0 radical (unpaired) electrons. The zero-order chi connectivity index (χ0) is 20.3. The number of nitrogens with zero attached hydrogens (tertiary/aromatic N) is 3. The lowest BCUT2D eigenvalue weighted by atomic mass is 10.0. The fourth-order valence-electron chi connectivity index (χ4n) is 3.02. The number of aromatic nitrogens is 2. The van der Waals surface area contributed by atoms with E-state index in [1.807, 2.05) is 50.4 Å². The Morgan fingerprint density at radius 3 is 2.50 bits per heavy atom. The standard InChI is InChI=1S/C22H23N3O2S/c1-5-22(27)25(4)19-9-7-16(10-14(19)2)18-8-6-17(12-23-18)20(26)11-21-24-15(3)13-28-21/h6-10,12-13H,5,11H2,1-4H3. The monoisotopic (exact) mass is 393 g/mol. The van der Waals surface area contributed by atoms with E-state index in [4.69, 9.17) is 0 Å². The third kappa shape index (κ3) is 4.34. The van der Waals surface area contributed by atoms with Gasteiger partial charge < -0.3 is 4.90 Å². The summed E-state index contributed by atoms with van der Waals surface area (Å²) in [5.74, 6) is 0.0897. The summed E-state index contributed by atoms with van der Waals surface area (Å²) in [5, 5.41) is 2.77. The fraction of sp³-hybridized carbons (Fsp3) is 0.273. The lowest BCUT2D eigenvalue weighted by Crippen LogP contribution is -2.25. The minimum Gasteiger partial charge on any atom is -0.315 e. The molecule has 0 saturated carbocycles. The van der Waals surface area contributed by atoms with E-state index < -0.39 is 0 Å². The topological polar surface area (TPSA) is 63.2 Å². The molecule has 0 N–H and O–H groups in total. The molecule has 1 aromatic carbocycles. The first kappa shape index (κ1) is 19.9. The number of hydrogen-bond donors (Lipinski definition) is 0. The van der Waals surface area contributed by atoms with Crippen LogP contribution in [0.25, 0.3) is 11.3 Å². The molecule has 1 amide bonds. The minimum absolute atomic E-state index is 0.0135. The average molecular weight is 394 g/mol. The summed E-state index contributed by atoms with van der Waals surface area (Å²) in [5.41, 5.74) is 5.16. The second-order valence-electron chi connectivity index (χ2n) is 6.72. The van der Waals surface area contributed by atoms with Crippen LogP contribution in [-0.2, 0) is 11.2 Å². The summed E-state index contributed by atoms with van der Waals surface area (Å²) >= 11 is 1.50. The number of ketones is 1. The molecule has 3 aromatic rings. The Morgan fingerprint density at radius 2 is 1.93 bits per heavy atom. The second kappa shape index (κ2) is 8.44. The highest BCUT2D eigenvalue weighted by molar-refractivity contribution is 7.09. The van der Waals surface area contributed by atoms with Gasteiger partial charge in [0.05, 0.1) is 12.1 Å². The number of carbonyl (C=O) groups is 2. The Kier molecular flexibility index (Phi) is 5.99. The third-order valence-corrected chi connectivity index (χ3v) is 5.56. The van der Waals surface area contributed by atoms with E-state index in [9.17, 15) is 9.59 Å². The van der Waals surface area contributed by atoms with Crippen molar-refractivity contribution in [3.8, 4) is 11.3 Å². The predicted octanol–water partition coefficient (Wildman–Crippen LogP) is 4.62. The number of pyridine rings is 1. The Labute approximate surface area is 169 Å². The molecule has 0 saturated heterocycles. The molecule has 3 rings (SSSR count). The number of carbonyl (C=O) groups excluding carboxylic acids is 2. The van der Waals surface area contributed by atoms with Crippen LogP contribution in [0.15, 0.2) is 41.9 Å². The van der Waals surface area contributed by atoms with Crippen LogP contribution in [0.1, 0.15) is 40.0 Å². The van der Waals surface area contributed by atoms with Gasteiger partial charge in [0.1, 0.15) is 5.01 Å². The van der Waals surface area contributed by atoms with Gasteiger partial charge in [-0.05, 0) is 43.7 Å². The Bertz CT molecular complexity index is 1010.